The van der Waals surface area contributed by atoms with E-state index in [2.05, 4.69) is 22.6 Å². The van der Waals surface area contributed by atoms with Crippen molar-refractivity contribution in [2.24, 2.45) is 11.8 Å². The minimum Gasteiger partial charge on any atom is -0.461 e. The van der Waals surface area contributed by atoms with Crippen molar-refractivity contribution >= 4 is 28.6 Å². The number of aliphatic hydroxyl groups is 2. The maximum Gasteiger partial charge on any atom is 0.319 e. The molecule has 1 aliphatic carbocycles. The minimum absolute atomic E-state index is 0.0641. The van der Waals surface area contributed by atoms with E-state index in [1.165, 1.54) is 0 Å². The molecule has 24 heavy (non-hydrogen) atoms. The molecule has 0 radical (unpaired) electrons. The zero-order chi connectivity index (χ0) is 18.5. The summed E-state index contributed by atoms with van der Waals surface area (Å²) in [7, 11) is 0. The normalized spacial score (nSPS) is 26.4. The van der Waals surface area contributed by atoms with Gasteiger partial charge in [-0.05, 0) is 50.9 Å². The predicted octanol–water partition coefficient (Wildman–Crippen LogP) is 4.24. The topological polar surface area (TPSA) is 66.8 Å². The van der Waals surface area contributed by atoms with Gasteiger partial charge >= 0.3 is 5.97 Å². The van der Waals surface area contributed by atoms with Crippen LogP contribution in [0.4, 0.5) is 0 Å². The van der Waals surface area contributed by atoms with Gasteiger partial charge in [-0.3, -0.25) is 4.79 Å². The molecular weight excluding hydrogens is 419 g/mol. The molecule has 0 aromatic heterocycles. The fraction of sp³-hybridized carbons (Fsp3) is 0.947. The van der Waals surface area contributed by atoms with Crippen LogP contribution in [0, 0.1) is 11.8 Å². The first-order valence-electron chi connectivity index (χ1n) is 9.50. The average molecular weight is 454 g/mol. The summed E-state index contributed by atoms with van der Waals surface area (Å²) >= 11 is 2.11. The van der Waals surface area contributed by atoms with Gasteiger partial charge in [-0.25, -0.2) is 0 Å². The third kappa shape index (κ3) is 4.64. The highest BCUT2D eigenvalue weighted by Gasteiger charge is 2.51. The fourth-order valence-electron chi connectivity index (χ4n) is 4.13. The monoisotopic (exact) mass is 454 g/mol. The van der Waals surface area contributed by atoms with E-state index in [-0.39, 0.29) is 27.8 Å². The van der Waals surface area contributed by atoms with E-state index in [1.54, 1.807) is 0 Å². The van der Waals surface area contributed by atoms with Gasteiger partial charge in [0, 0.05) is 5.92 Å². The van der Waals surface area contributed by atoms with E-state index in [4.69, 9.17) is 4.74 Å². The van der Waals surface area contributed by atoms with Gasteiger partial charge in [0.05, 0.1) is 11.2 Å². The number of ether oxygens (including phenoxy) is 1. The Morgan fingerprint density at radius 1 is 1.04 bits per heavy atom. The second-order valence-corrected chi connectivity index (χ2v) is 8.75. The molecule has 5 heteroatoms. The summed E-state index contributed by atoms with van der Waals surface area (Å²) in [5.41, 5.74) is -1.58. The Hall–Kier alpha value is 0.120. The smallest absolute Gasteiger partial charge is 0.319 e. The van der Waals surface area contributed by atoms with E-state index >= 15 is 0 Å². The van der Waals surface area contributed by atoms with Gasteiger partial charge < -0.3 is 14.9 Å². The Kier molecular flexibility index (Phi) is 8.47. The van der Waals surface area contributed by atoms with Crippen molar-refractivity contribution in [1.29, 1.82) is 0 Å². The molecule has 1 rings (SSSR count). The van der Waals surface area contributed by atoms with Gasteiger partial charge in [-0.1, -0.05) is 57.2 Å². The molecule has 142 valence electrons. The van der Waals surface area contributed by atoms with E-state index in [9.17, 15) is 15.0 Å². The van der Waals surface area contributed by atoms with Crippen LogP contribution in [0.2, 0.25) is 0 Å². The number of carbonyl (C=O) groups excluding carboxylic acids is 1. The number of halogens is 1. The van der Waals surface area contributed by atoms with E-state index in [1.807, 2.05) is 34.6 Å². The quantitative estimate of drug-likeness (QED) is 0.311. The van der Waals surface area contributed by atoms with Gasteiger partial charge in [-0.2, -0.15) is 0 Å². The summed E-state index contributed by atoms with van der Waals surface area (Å²) in [5.74, 6) is -0.236. The second kappa shape index (κ2) is 9.17. The fourth-order valence-corrected chi connectivity index (χ4v) is 4.27. The third-order valence-corrected chi connectivity index (χ3v) is 7.67. The van der Waals surface area contributed by atoms with Crippen LogP contribution in [-0.4, -0.2) is 37.4 Å². The molecule has 0 saturated heterocycles. The molecule has 0 aromatic rings. The summed E-state index contributed by atoms with van der Waals surface area (Å²) in [5, 5.41) is 22.0. The molecule has 2 N–H and O–H groups in total. The highest BCUT2D eigenvalue weighted by Crippen LogP contribution is 2.48. The zero-order valence-electron chi connectivity index (χ0n) is 15.8. The SMILES string of the molecule is CCC(I)C(=O)OC1CC(C(O)(CC)CC)CC1C(O)(CC)CC. The predicted molar refractivity (Wildman–Crippen MR) is 105 cm³/mol. The molecule has 1 fully saturated rings. The lowest BCUT2D eigenvalue weighted by atomic mass is 9.77. The highest BCUT2D eigenvalue weighted by molar-refractivity contribution is 14.1. The largest absolute Gasteiger partial charge is 0.461 e. The molecule has 1 saturated carbocycles. The molecule has 0 amide bonds. The molecule has 0 heterocycles. The molecule has 0 aliphatic heterocycles. The number of carbonyl (C=O) groups is 1. The van der Waals surface area contributed by atoms with E-state index in [0.717, 1.165) is 6.42 Å². The van der Waals surface area contributed by atoms with Crippen molar-refractivity contribution in [2.45, 2.75) is 101 Å². The number of hydrogen-bond acceptors (Lipinski definition) is 4. The lowest BCUT2D eigenvalue weighted by Gasteiger charge is -2.36. The van der Waals surface area contributed by atoms with Crippen molar-refractivity contribution in [3.05, 3.63) is 0 Å². The van der Waals surface area contributed by atoms with Gasteiger partial charge in [0.15, 0.2) is 0 Å². The average Bonchev–Trinajstić information content (AvgIpc) is 3.04. The zero-order valence-corrected chi connectivity index (χ0v) is 18.0. The Balaban J connectivity index is 3.05. The Bertz CT molecular complexity index is 404. The maximum absolute atomic E-state index is 12.3. The van der Waals surface area contributed by atoms with Gasteiger partial charge in [0.25, 0.3) is 0 Å². The van der Waals surface area contributed by atoms with Crippen LogP contribution >= 0.6 is 22.6 Å². The first kappa shape index (κ1) is 22.2. The maximum atomic E-state index is 12.3. The molecule has 4 atom stereocenters. The summed E-state index contributed by atoms with van der Waals surface area (Å²) in [6, 6.07) is 0. The molecule has 0 aromatic carbocycles. The van der Waals surface area contributed by atoms with Crippen LogP contribution < -0.4 is 0 Å². The third-order valence-electron chi connectivity index (χ3n) is 6.28. The summed E-state index contributed by atoms with van der Waals surface area (Å²) in [4.78, 5) is 12.3. The molecule has 1 aliphatic rings. The Labute approximate surface area is 160 Å². The van der Waals surface area contributed by atoms with Crippen LogP contribution in [0.15, 0.2) is 0 Å². The molecular formula is C19H35IO4. The second-order valence-electron chi connectivity index (χ2n) is 7.25. The van der Waals surface area contributed by atoms with Crippen LogP contribution in [0.1, 0.15) is 79.6 Å². The van der Waals surface area contributed by atoms with Gasteiger partial charge in [-0.15, -0.1) is 0 Å². The molecule has 0 spiro atoms. The number of esters is 1. The summed E-state index contributed by atoms with van der Waals surface area (Å²) < 4.78 is 5.67. The van der Waals surface area contributed by atoms with Gasteiger partial charge in [0.2, 0.25) is 0 Å². The van der Waals surface area contributed by atoms with Crippen molar-refractivity contribution in [3.63, 3.8) is 0 Å². The highest BCUT2D eigenvalue weighted by atomic mass is 127. The first-order valence-corrected chi connectivity index (χ1v) is 10.7. The minimum atomic E-state index is -0.838. The Morgan fingerprint density at radius 2 is 1.54 bits per heavy atom. The molecule has 4 nitrogen and oxygen atoms in total. The van der Waals surface area contributed by atoms with Crippen LogP contribution in [0.25, 0.3) is 0 Å². The van der Waals surface area contributed by atoms with E-state index in [0.29, 0.717) is 38.5 Å². The van der Waals surface area contributed by atoms with Crippen molar-refractivity contribution in [1.82, 2.24) is 0 Å². The number of rotatable bonds is 9. The summed E-state index contributed by atoms with van der Waals surface area (Å²) in [6.45, 7) is 9.93. The first-order chi connectivity index (χ1) is 11.2. The lowest BCUT2D eigenvalue weighted by molar-refractivity contribution is -0.156. The van der Waals surface area contributed by atoms with Crippen LogP contribution in [-0.2, 0) is 9.53 Å². The molecule has 4 unspecified atom stereocenters. The van der Waals surface area contributed by atoms with Crippen molar-refractivity contribution in [3.8, 4) is 0 Å². The van der Waals surface area contributed by atoms with Crippen molar-refractivity contribution in [2.75, 3.05) is 0 Å². The van der Waals surface area contributed by atoms with Crippen LogP contribution in [0.5, 0.6) is 0 Å². The van der Waals surface area contributed by atoms with Crippen LogP contribution in [0.3, 0.4) is 0 Å². The summed E-state index contributed by atoms with van der Waals surface area (Å²) in [6.07, 6.45) is 4.42. The van der Waals surface area contributed by atoms with Gasteiger partial charge in [0.1, 0.15) is 10.0 Å². The lowest BCUT2D eigenvalue weighted by Crippen LogP contribution is -2.43. The number of alkyl halides is 1. The molecule has 0 bridgehead atoms. The standard InChI is InChI=1S/C19H35IO4/c1-6-15(20)17(21)24-16-12-13(18(22,7-2)8-3)11-14(16)19(23,9-4)10-5/h13-16,22-23H,6-12H2,1-5H3. The Morgan fingerprint density at radius 3 is 1.96 bits per heavy atom. The van der Waals surface area contributed by atoms with E-state index < -0.39 is 11.2 Å². The van der Waals surface area contributed by atoms with Crippen molar-refractivity contribution < 1.29 is 19.7 Å². The number of hydrogen-bond donors (Lipinski definition) is 2.